The van der Waals surface area contributed by atoms with Crippen molar-refractivity contribution in [3.05, 3.63) is 88.1 Å². The van der Waals surface area contributed by atoms with Crippen molar-refractivity contribution in [1.82, 2.24) is 14.4 Å². The normalized spacial score (nSPS) is 13.9. The van der Waals surface area contributed by atoms with Gasteiger partial charge in [-0.15, -0.1) is 0 Å². The van der Waals surface area contributed by atoms with Gasteiger partial charge in [-0.3, -0.25) is 14.5 Å². The van der Waals surface area contributed by atoms with Gasteiger partial charge in [0.05, 0.1) is 12.1 Å². The zero-order valence-corrected chi connectivity index (χ0v) is 20.2. The summed E-state index contributed by atoms with van der Waals surface area (Å²) in [7, 11) is 0. The lowest BCUT2D eigenvalue weighted by molar-refractivity contribution is -0.117. The fraction of sp³-hybridized carbons (Fsp3) is 0.296. The van der Waals surface area contributed by atoms with E-state index in [1.165, 1.54) is 36.4 Å². The summed E-state index contributed by atoms with van der Waals surface area (Å²) < 4.78 is 28.3. The monoisotopic (exact) mass is 491 g/mol. The molecule has 1 aromatic heterocycles. The van der Waals surface area contributed by atoms with Gasteiger partial charge in [0.15, 0.2) is 0 Å². The number of nitrogens with zero attached hydrogens (tertiary/aromatic N) is 4. The van der Waals surface area contributed by atoms with E-state index in [9.17, 15) is 23.6 Å². The van der Waals surface area contributed by atoms with Gasteiger partial charge in [0.1, 0.15) is 23.5 Å². The minimum Gasteiger partial charge on any atom is -0.336 e. The molecule has 9 heteroatoms. The highest BCUT2D eigenvalue weighted by Gasteiger charge is 2.25. The minimum atomic E-state index is -0.392. The van der Waals surface area contributed by atoms with Crippen molar-refractivity contribution in [3.8, 4) is 6.07 Å². The summed E-state index contributed by atoms with van der Waals surface area (Å²) in [5.41, 5.74) is 3.30. The van der Waals surface area contributed by atoms with Crippen molar-refractivity contribution >= 4 is 17.6 Å². The van der Waals surface area contributed by atoms with Crippen LogP contribution in [0.15, 0.2) is 48.5 Å². The molecule has 1 saturated heterocycles. The van der Waals surface area contributed by atoms with Gasteiger partial charge >= 0.3 is 0 Å². The van der Waals surface area contributed by atoms with Crippen LogP contribution in [-0.2, 0) is 11.3 Å². The van der Waals surface area contributed by atoms with E-state index in [4.69, 9.17) is 0 Å². The first-order chi connectivity index (χ1) is 17.3. The molecule has 2 aromatic carbocycles. The Balaban J connectivity index is 1.40. The highest BCUT2D eigenvalue weighted by Crippen LogP contribution is 2.27. The highest BCUT2D eigenvalue weighted by molar-refractivity contribution is 5.94. The SMILES string of the molecule is Cc1c(C#N)c(NC(=O)CN2CCN(C(=O)c3ccc(F)cc3)CC2)n(Cc2ccc(F)cc2)c1C. The predicted molar refractivity (Wildman–Crippen MR) is 131 cm³/mol. The largest absolute Gasteiger partial charge is 0.336 e. The lowest BCUT2D eigenvalue weighted by Crippen LogP contribution is -2.50. The number of carbonyl (C=O) groups is 2. The van der Waals surface area contributed by atoms with E-state index in [1.54, 1.807) is 17.0 Å². The quantitative estimate of drug-likeness (QED) is 0.570. The third-order valence-electron chi connectivity index (χ3n) is 6.57. The molecular weight excluding hydrogens is 464 g/mol. The van der Waals surface area contributed by atoms with E-state index in [0.717, 1.165) is 16.8 Å². The predicted octanol–water partition coefficient (Wildman–Crippen LogP) is 3.70. The van der Waals surface area contributed by atoms with Crippen LogP contribution in [0.5, 0.6) is 0 Å². The maximum atomic E-state index is 13.3. The Bertz CT molecular complexity index is 1300. The number of benzene rings is 2. The van der Waals surface area contributed by atoms with E-state index in [2.05, 4.69) is 11.4 Å². The third-order valence-corrected chi connectivity index (χ3v) is 6.57. The van der Waals surface area contributed by atoms with E-state index < -0.39 is 5.82 Å². The average Bonchev–Trinajstić information content (AvgIpc) is 3.09. The Morgan fingerprint density at radius 2 is 1.53 bits per heavy atom. The fourth-order valence-electron chi connectivity index (χ4n) is 4.36. The number of anilines is 1. The van der Waals surface area contributed by atoms with Gasteiger partial charge in [-0.1, -0.05) is 12.1 Å². The van der Waals surface area contributed by atoms with Crippen LogP contribution in [0, 0.1) is 36.8 Å². The topological polar surface area (TPSA) is 81.4 Å². The molecule has 2 heterocycles. The van der Waals surface area contributed by atoms with Crippen molar-refractivity contribution in [2.45, 2.75) is 20.4 Å². The number of amides is 2. The Morgan fingerprint density at radius 1 is 0.944 bits per heavy atom. The first-order valence-corrected chi connectivity index (χ1v) is 11.7. The molecule has 0 radical (unpaired) electrons. The fourth-order valence-corrected chi connectivity index (χ4v) is 4.36. The molecule has 1 fully saturated rings. The van der Waals surface area contributed by atoms with Crippen molar-refractivity contribution in [2.75, 3.05) is 38.0 Å². The van der Waals surface area contributed by atoms with Crippen LogP contribution < -0.4 is 5.32 Å². The molecule has 0 spiro atoms. The molecule has 1 N–H and O–H groups in total. The minimum absolute atomic E-state index is 0.114. The van der Waals surface area contributed by atoms with Gasteiger partial charge in [0.2, 0.25) is 5.91 Å². The summed E-state index contributed by atoms with van der Waals surface area (Å²) >= 11 is 0. The second-order valence-corrected chi connectivity index (χ2v) is 8.88. The summed E-state index contributed by atoms with van der Waals surface area (Å²) in [6.45, 7) is 6.14. The number of piperazine rings is 1. The van der Waals surface area contributed by atoms with Crippen molar-refractivity contribution in [3.63, 3.8) is 0 Å². The van der Waals surface area contributed by atoms with Crippen LogP contribution in [0.2, 0.25) is 0 Å². The Hall–Kier alpha value is -4.03. The zero-order chi connectivity index (χ0) is 25.8. The second kappa shape index (κ2) is 10.7. The number of hydrogen-bond donors (Lipinski definition) is 1. The van der Waals surface area contributed by atoms with Gasteiger partial charge < -0.3 is 14.8 Å². The first kappa shape index (κ1) is 25.1. The summed E-state index contributed by atoms with van der Waals surface area (Å²) in [4.78, 5) is 29.2. The first-order valence-electron chi connectivity index (χ1n) is 11.7. The Labute approximate surface area is 208 Å². The van der Waals surface area contributed by atoms with E-state index in [0.29, 0.717) is 49.7 Å². The van der Waals surface area contributed by atoms with Crippen molar-refractivity contribution in [1.29, 1.82) is 5.26 Å². The van der Waals surface area contributed by atoms with Crippen LogP contribution in [0.1, 0.15) is 32.7 Å². The summed E-state index contributed by atoms with van der Waals surface area (Å²) in [5, 5.41) is 12.6. The van der Waals surface area contributed by atoms with Gasteiger partial charge in [0, 0.05) is 44.0 Å². The molecule has 36 heavy (non-hydrogen) atoms. The smallest absolute Gasteiger partial charge is 0.253 e. The van der Waals surface area contributed by atoms with E-state index in [-0.39, 0.29) is 24.2 Å². The number of carbonyl (C=O) groups excluding carboxylic acids is 2. The van der Waals surface area contributed by atoms with Gasteiger partial charge in [0.25, 0.3) is 5.91 Å². The Morgan fingerprint density at radius 3 is 2.11 bits per heavy atom. The van der Waals surface area contributed by atoms with E-state index >= 15 is 0 Å². The molecule has 0 bridgehead atoms. The lowest BCUT2D eigenvalue weighted by Gasteiger charge is -2.34. The molecule has 1 aliphatic rings. The molecule has 3 aromatic rings. The molecule has 0 saturated carbocycles. The Kier molecular flexibility index (Phi) is 7.46. The molecule has 186 valence electrons. The van der Waals surface area contributed by atoms with Crippen LogP contribution in [0.3, 0.4) is 0 Å². The third kappa shape index (κ3) is 5.44. The highest BCUT2D eigenvalue weighted by atomic mass is 19.1. The molecule has 7 nitrogen and oxygen atoms in total. The molecule has 0 atom stereocenters. The van der Waals surface area contributed by atoms with Gasteiger partial charge in [-0.2, -0.15) is 5.26 Å². The maximum Gasteiger partial charge on any atom is 0.253 e. The lowest BCUT2D eigenvalue weighted by atomic mass is 10.1. The molecule has 2 amide bonds. The standard InChI is InChI=1S/C27H27F2N5O2/c1-18-19(2)34(16-20-3-7-22(28)8-4-20)26(24(18)15-30)31-25(35)17-32-11-13-33(14-12-32)27(36)21-5-9-23(29)10-6-21/h3-10H,11-14,16-17H2,1-2H3,(H,31,35). The number of nitrogens with one attached hydrogen (secondary N) is 1. The number of nitriles is 1. The van der Waals surface area contributed by atoms with Crippen molar-refractivity contribution in [2.24, 2.45) is 0 Å². The summed E-state index contributed by atoms with van der Waals surface area (Å²) in [6, 6.07) is 13.8. The maximum absolute atomic E-state index is 13.3. The summed E-state index contributed by atoms with van der Waals surface area (Å²) in [5.74, 6) is -0.724. The van der Waals surface area contributed by atoms with Gasteiger partial charge in [-0.05, 0) is 61.4 Å². The zero-order valence-electron chi connectivity index (χ0n) is 20.2. The number of halogens is 2. The number of hydrogen-bond acceptors (Lipinski definition) is 4. The summed E-state index contributed by atoms with van der Waals surface area (Å²) in [6.07, 6.45) is 0. The van der Waals surface area contributed by atoms with Crippen LogP contribution >= 0.6 is 0 Å². The van der Waals surface area contributed by atoms with Crippen LogP contribution in [0.4, 0.5) is 14.6 Å². The van der Waals surface area contributed by atoms with E-state index in [1.807, 2.05) is 23.3 Å². The molecule has 4 rings (SSSR count). The molecule has 1 aliphatic heterocycles. The molecular formula is C27H27F2N5O2. The molecule has 0 unspecified atom stereocenters. The molecule has 0 aliphatic carbocycles. The van der Waals surface area contributed by atoms with Crippen molar-refractivity contribution < 1.29 is 18.4 Å². The van der Waals surface area contributed by atoms with Gasteiger partial charge in [-0.25, -0.2) is 8.78 Å². The second-order valence-electron chi connectivity index (χ2n) is 8.88. The van der Waals surface area contributed by atoms with Crippen LogP contribution in [-0.4, -0.2) is 58.9 Å². The number of aromatic nitrogens is 1. The average molecular weight is 492 g/mol. The number of rotatable bonds is 6. The van der Waals surface area contributed by atoms with Crippen LogP contribution in [0.25, 0.3) is 0 Å².